The molecule has 9 heteroatoms. The van der Waals surface area contributed by atoms with E-state index in [0.29, 0.717) is 10.8 Å². The van der Waals surface area contributed by atoms with Crippen LogP contribution in [0.2, 0.25) is 0 Å². The molecule has 0 aliphatic rings. The summed E-state index contributed by atoms with van der Waals surface area (Å²) < 4.78 is 0. The highest BCUT2D eigenvalue weighted by Gasteiger charge is 2.09. The number of rotatable bonds is 5. The van der Waals surface area contributed by atoms with Crippen molar-refractivity contribution in [3.05, 3.63) is 39.4 Å². The Labute approximate surface area is 124 Å². The lowest BCUT2D eigenvalue weighted by molar-refractivity contribution is -0.384. The monoisotopic (exact) mass is 307 g/mol. The zero-order valence-electron chi connectivity index (χ0n) is 11.2. The van der Waals surface area contributed by atoms with E-state index in [1.54, 1.807) is 0 Å². The van der Waals surface area contributed by atoms with E-state index in [2.05, 4.69) is 20.8 Å². The molecule has 2 rings (SSSR count). The number of amides is 2. The Morgan fingerprint density at radius 2 is 2.00 bits per heavy atom. The smallest absolute Gasteiger partial charge is 0.308 e. The van der Waals surface area contributed by atoms with Crippen LogP contribution < -0.4 is 10.6 Å². The second kappa shape index (κ2) is 6.75. The molecule has 0 spiro atoms. The van der Waals surface area contributed by atoms with E-state index in [1.807, 2.05) is 6.92 Å². The quantitative estimate of drug-likeness (QED) is 0.651. The van der Waals surface area contributed by atoms with Crippen LogP contribution in [0.25, 0.3) is 0 Å². The van der Waals surface area contributed by atoms with Crippen molar-refractivity contribution in [3.63, 3.8) is 0 Å². The summed E-state index contributed by atoms with van der Waals surface area (Å²) in [6, 6.07) is 5.09. The minimum absolute atomic E-state index is 0.0331. The van der Waals surface area contributed by atoms with Gasteiger partial charge in [0.25, 0.3) is 5.69 Å². The number of nitrogens with zero attached hydrogens (tertiary/aromatic N) is 3. The average Bonchev–Trinajstić information content (AvgIpc) is 2.87. The van der Waals surface area contributed by atoms with Gasteiger partial charge in [0.2, 0.25) is 5.13 Å². The van der Waals surface area contributed by atoms with Gasteiger partial charge in [0.05, 0.1) is 4.92 Å². The number of hydrogen-bond acceptors (Lipinski definition) is 6. The predicted molar refractivity (Wildman–Crippen MR) is 79.6 cm³/mol. The Hall–Kier alpha value is -2.55. The van der Waals surface area contributed by atoms with Gasteiger partial charge in [-0.2, -0.15) is 0 Å². The molecule has 1 heterocycles. The van der Waals surface area contributed by atoms with Crippen LogP contribution >= 0.6 is 11.3 Å². The van der Waals surface area contributed by atoms with Crippen molar-refractivity contribution in [2.75, 3.05) is 10.6 Å². The summed E-state index contributed by atoms with van der Waals surface area (Å²) in [7, 11) is 0. The number of urea groups is 1. The van der Waals surface area contributed by atoms with Gasteiger partial charge >= 0.3 is 6.03 Å². The number of nitrogens with one attached hydrogen (secondary N) is 2. The van der Waals surface area contributed by atoms with Crippen LogP contribution in [0.5, 0.6) is 0 Å². The number of anilines is 2. The molecule has 0 bridgehead atoms. The van der Waals surface area contributed by atoms with Gasteiger partial charge < -0.3 is 5.32 Å². The Balaban J connectivity index is 1.92. The second-order valence-electron chi connectivity index (χ2n) is 4.13. The minimum atomic E-state index is -0.500. The Morgan fingerprint density at radius 1 is 1.29 bits per heavy atom. The van der Waals surface area contributed by atoms with E-state index in [0.717, 1.165) is 17.8 Å². The molecule has 21 heavy (non-hydrogen) atoms. The Bertz CT molecular complexity index is 641. The number of benzene rings is 1. The molecule has 1 aromatic heterocycles. The van der Waals surface area contributed by atoms with Gasteiger partial charge in [-0.25, -0.2) is 4.79 Å². The van der Waals surface area contributed by atoms with Gasteiger partial charge in [-0.3, -0.25) is 15.4 Å². The third-order valence-corrected chi connectivity index (χ3v) is 3.39. The summed E-state index contributed by atoms with van der Waals surface area (Å²) in [5, 5.41) is 24.7. The van der Waals surface area contributed by atoms with Gasteiger partial charge in [0.15, 0.2) is 0 Å². The van der Waals surface area contributed by atoms with Crippen LogP contribution in [-0.2, 0) is 6.42 Å². The maximum absolute atomic E-state index is 11.8. The molecule has 0 fully saturated rings. The first-order chi connectivity index (χ1) is 10.1. The van der Waals surface area contributed by atoms with Crippen LogP contribution in [0.1, 0.15) is 18.4 Å². The van der Waals surface area contributed by atoms with Crippen molar-refractivity contribution >= 4 is 33.9 Å². The maximum atomic E-state index is 11.8. The lowest BCUT2D eigenvalue weighted by Crippen LogP contribution is -2.19. The molecule has 0 unspecified atom stereocenters. The normalized spacial score (nSPS) is 10.1. The van der Waals surface area contributed by atoms with Crippen LogP contribution in [0.15, 0.2) is 24.3 Å². The zero-order valence-corrected chi connectivity index (χ0v) is 12.0. The maximum Gasteiger partial charge on any atom is 0.325 e. The van der Waals surface area contributed by atoms with E-state index in [9.17, 15) is 14.9 Å². The number of carbonyl (C=O) groups excluding carboxylic acids is 1. The molecule has 0 saturated carbocycles. The number of hydrogen-bond donors (Lipinski definition) is 2. The summed E-state index contributed by atoms with van der Waals surface area (Å²) in [5.74, 6) is 0. The third kappa shape index (κ3) is 4.21. The van der Waals surface area contributed by atoms with Crippen LogP contribution in [-0.4, -0.2) is 21.2 Å². The van der Waals surface area contributed by atoms with Crippen molar-refractivity contribution in [3.8, 4) is 0 Å². The van der Waals surface area contributed by atoms with Crippen molar-refractivity contribution < 1.29 is 9.72 Å². The standard InChI is InChI=1S/C12H13N5O3S/c1-2-3-10-15-16-12(21-10)14-11(18)13-8-4-6-9(7-5-8)17(19)20/h4-7H,2-3H2,1H3,(H2,13,14,16,18). The lowest BCUT2D eigenvalue weighted by atomic mass is 10.3. The summed E-state index contributed by atoms with van der Waals surface area (Å²) >= 11 is 1.32. The molecule has 0 saturated heterocycles. The molecule has 2 amide bonds. The minimum Gasteiger partial charge on any atom is -0.308 e. The van der Waals surface area contributed by atoms with Gasteiger partial charge in [-0.05, 0) is 18.6 Å². The fourth-order valence-corrected chi connectivity index (χ4v) is 2.38. The molecule has 0 aliphatic heterocycles. The zero-order chi connectivity index (χ0) is 15.2. The van der Waals surface area contributed by atoms with Crippen LogP contribution in [0, 0.1) is 10.1 Å². The fourth-order valence-electron chi connectivity index (χ4n) is 1.54. The van der Waals surface area contributed by atoms with Crippen molar-refractivity contribution in [1.82, 2.24) is 10.2 Å². The van der Waals surface area contributed by atoms with E-state index < -0.39 is 11.0 Å². The van der Waals surface area contributed by atoms with Gasteiger partial charge in [0, 0.05) is 24.2 Å². The molecule has 1 aromatic carbocycles. The van der Waals surface area contributed by atoms with Crippen molar-refractivity contribution in [2.45, 2.75) is 19.8 Å². The summed E-state index contributed by atoms with van der Waals surface area (Å²) in [4.78, 5) is 21.8. The van der Waals surface area contributed by atoms with Gasteiger partial charge in [-0.15, -0.1) is 10.2 Å². The highest BCUT2D eigenvalue weighted by atomic mass is 32.1. The lowest BCUT2D eigenvalue weighted by Gasteiger charge is -2.04. The number of nitro benzene ring substituents is 1. The highest BCUT2D eigenvalue weighted by Crippen LogP contribution is 2.18. The van der Waals surface area contributed by atoms with E-state index in [1.165, 1.54) is 35.6 Å². The Morgan fingerprint density at radius 3 is 2.62 bits per heavy atom. The summed E-state index contributed by atoms with van der Waals surface area (Å²) in [6.45, 7) is 2.04. The third-order valence-electron chi connectivity index (χ3n) is 2.49. The van der Waals surface area contributed by atoms with E-state index in [4.69, 9.17) is 0 Å². The molecule has 2 aromatic rings. The fraction of sp³-hybridized carbons (Fsp3) is 0.250. The van der Waals surface area contributed by atoms with E-state index in [-0.39, 0.29) is 5.69 Å². The highest BCUT2D eigenvalue weighted by molar-refractivity contribution is 7.15. The molecular weight excluding hydrogens is 294 g/mol. The number of carbonyl (C=O) groups is 1. The largest absolute Gasteiger partial charge is 0.325 e. The molecule has 110 valence electrons. The van der Waals surface area contributed by atoms with Gasteiger partial charge in [0.1, 0.15) is 5.01 Å². The van der Waals surface area contributed by atoms with Crippen molar-refractivity contribution in [2.24, 2.45) is 0 Å². The first kappa shape index (κ1) is 14.9. The topological polar surface area (TPSA) is 110 Å². The van der Waals surface area contributed by atoms with Gasteiger partial charge in [-0.1, -0.05) is 18.3 Å². The number of aryl methyl sites for hydroxylation is 1. The number of nitro groups is 1. The first-order valence-corrected chi connectivity index (χ1v) is 7.05. The molecule has 8 nitrogen and oxygen atoms in total. The van der Waals surface area contributed by atoms with Crippen LogP contribution in [0.4, 0.5) is 21.3 Å². The SMILES string of the molecule is CCCc1nnc(NC(=O)Nc2ccc([N+](=O)[O-])cc2)s1. The molecule has 2 N–H and O–H groups in total. The average molecular weight is 307 g/mol. The number of aromatic nitrogens is 2. The Kier molecular flexibility index (Phi) is 4.77. The first-order valence-electron chi connectivity index (χ1n) is 6.23. The molecular formula is C12H13N5O3S. The van der Waals surface area contributed by atoms with Crippen LogP contribution in [0.3, 0.4) is 0 Å². The van der Waals surface area contributed by atoms with Crippen molar-refractivity contribution in [1.29, 1.82) is 0 Å². The summed E-state index contributed by atoms with van der Waals surface area (Å²) in [5.41, 5.74) is 0.422. The second-order valence-corrected chi connectivity index (χ2v) is 5.20. The molecule has 0 radical (unpaired) electrons. The molecule has 0 aliphatic carbocycles. The molecule has 0 atom stereocenters. The summed E-state index contributed by atoms with van der Waals surface area (Å²) in [6.07, 6.45) is 1.78. The van der Waals surface area contributed by atoms with E-state index >= 15 is 0 Å². The predicted octanol–water partition coefficient (Wildman–Crippen LogP) is 3.04. The number of non-ortho nitro benzene ring substituents is 1.